The molecule has 0 amide bonds. The Morgan fingerprint density at radius 2 is 2.20 bits per heavy atom. The number of hydrogen-bond donors (Lipinski definition) is 1. The molecule has 1 N–H and O–H groups in total. The molecule has 84 valence electrons. The summed E-state index contributed by atoms with van der Waals surface area (Å²) in [6, 6.07) is 2.16. The van der Waals surface area contributed by atoms with Crippen LogP contribution in [0.2, 0.25) is 0 Å². The maximum Gasteiger partial charge on any atom is 0.0442 e. The van der Waals surface area contributed by atoms with Crippen molar-refractivity contribution in [2.24, 2.45) is 0 Å². The molecule has 0 aromatic carbocycles. The van der Waals surface area contributed by atoms with Gasteiger partial charge in [-0.2, -0.15) is 0 Å². The summed E-state index contributed by atoms with van der Waals surface area (Å²) in [4.78, 5) is 6.63. The van der Waals surface area contributed by atoms with Crippen molar-refractivity contribution < 1.29 is 0 Å². The molecule has 3 heteroatoms. The van der Waals surface area contributed by atoms with Crippen molar-refractivity contribution in [3.05, 3.63) is 23.5 Å². The van der Waals surface area contributed by atoms with E-state index in [0.29, 0.717) is 0 Å². The standard InChI is InChI=1S/C12H21N3/c1-5-6-15(4)12-7-10(2)14-9-11(12)8-13-3/h7,9,13H,5-6,8H2,1-4H3. The average Bonchev–Trinajstić information content (AvgIpc) is 2.21. The summed E-state index contributed by atoms with van der Waals surface area (Å²) >= 11 is 0. The molecule has 0 aliphatic carbocycles. The summed E-state index contributed by atoms with van der Waals surface area (Å²) in [7, 11) is 4.10. The van der Waals surface area contributed by atoms with Gasteiger partial charge in [-0.15, -0.1) is 0 Å². The largest absolute Gasteiger partial charge is 0.374 e. The molecule has 1 aromatic heterocycles. The molecule has 1 rings (SSSR count). The Bertz CT molecular complexity index is 310. The van der Waals surface area contributed by atoms with Crippen molar-refractivity contribution in [2.75, 3.05) is 25.5 Å². The molecule has 0 aliphatic rings. The highest BCUT2D eigenvalue weighted by Crippen LogP contribution is 2.19. The van der Waals surface area contributed by atoms with Crippen LogP contribution in [0.5, 0.6) is 0 Å². The Morgan fingerprint density at radius 3 is 2.80 bits per heavy atom. The molecule has 0 aliphatic heterocycles. The second-order valence-electron chi connectivity index (χ2n) is 3.91. The first kappa shape index (κ1) is 12.0. The van der Waals surface area contributed by atoms with Gasteiger partial charge in [-0.1, -0.05) is 6.92 Å². The fourth-order valence-electron chi connectivity index (χ4n) is 1.71. The van der Waals surface area contributed by atoms with Crippen LogP contribution < -0.4 is 10.2 Å². The van der Waals surface area contributed by atoms with Gasteiger partial charge in [0.1, 0.15) is 0 Å². The van der Waals surface area contributed by atoms with E-state index in [4.69, 9.17) is 0 Å². The van der Waals surface area contributed by atoms with Crippen LogP contribution in [0.25, 0.3) is 0 Å². The second-order valence-corrected chi connectivity index (χ2v) is 3.91. The maximum absolute atomic E-state index is 4.33. The number of aryl methyl sites for hydroxylation is 1. The predicted molar refractivity (Wildman–Crippen MR) is 65.3 cm³/mol. The quantitative estimate of drug-likeness (QED) is 0.800. The van der Waals surface area contributed by atoms with Crippen LogP contribution in [0.3, 0.4) is 0 Å². The lowest BCUT2D eigenvalue weighted by molar-refractivity contribution is 0.790. The minimum absolute atomic E-state index is 0.872. The molecule has 0 spiro atoms. The highest BCUT2D eigenvalue weighted by atomic mass is 15.1. The first-order chi connectivity index (χ1) is 7.19. The normalized spacial score (nSPS) is 10.4. The third kappa shape index (κ3) is 3.20. The molecule has 0 radical (unpaired) electrons. The van der Waals surface area contributed by atoms with Crippen molar-refractivity contribution in [1.29, 1.82) is 0 Å². The zero-order chi connectivity index (χ0) is 11.3. The third-order valence-corrected chi connectivity index (χ3v) is 2.44. The van der Waals surface area contributed by atoms with E-state index in [2.05, 4.69) is 35.2 Å². The molecule has 0 unspecified atom stereocenters. The van der Waals surface area contributed by atoms with Gasteiger partial charge in [-0.3, -0.25) is 4.98 Å². The van der Waals surface area contributed by atoms with E-state index in [1.807, 2.05) is 20.2 Å². The van der Waals surface area contributed by atoms with Gasteiger partial charge < -0.3 is 10.2 Å². The number of nitrogens with zero attached hydrogens (tertiary/aromatic N) is 2. The number of hydrogen-bond acceptors (Lipinski definition) is 3. The minimum Gasteiger partial charge on any atom is -0.374 e. The third-order valence-electron chi connectivity index (χ3n) is 2.44. The molecule has 15 heavy (non-hydrogen) atoms. The lowest BCUT2D eigenvalue weighted by Crippen LogP contribution is -2.21. The van der Waals surface area contributed by atoms with Crippen molar-refractivity contribution in [3.63, 3.8) is 0 Å². The first-order valence-electron chi connectivity index (χ1n) is 5.50. The average molecular weight is 207 g/mol. The molecule has 0 bridgehead atoms. The summed E-state index contributed by atoms with van der Waals surface area (Å²) in [5.41, 5.74) is 3.63. The van der Waals surface area contributed by atoms with Crippen molar-refractivity contribution in [2.45, 2.75) is 26.8 Å². The van der Waals surface area contributed by atoms with E-state index in [1.165, 1.54) is 11.3 Å². The van der Waals surface area contributed by atoms with Crippen LogP contribution in [0.15, 0.2) is 12.3 Å². The predicted octanol–water partition coefficient (Wildman–Crippen LogP) is 1.96. The maximum atomic E-state index is 4.33. The van der Waals surface area contributed by atoms with E-state index in [1.54, 1.807) is 0 Å². The molecular weight excluding hydrogens is 186 g/mol. The Labute approximate surface area is 92.5 Å². The van der Waals surface area contributed by atoms with Crippen LogP contribution in [0, 0.1) is 6.92 Å². The van der Waals surface area contributed by atoms with Crippen LogP contribution in [-0.2, 0) is 6.54 Å². The molecule has 1 aromatic rings. The van der Waals surface area contributed by atoms with Gasteiger partial charge in [0.05, 0.1) is 0 Å². The van der Waals surface area contributed by atoms with Gasteiger partial charge in [-0.05, 0) is 26.5 Å². The number of nitrogens with one attached hydrogen (secondary N) is 1. The number of rotatable bonds is 5. The molecule has 0 saturated heterocycles. The fraction of sp³-hybridized carbons (Fsp3) is 0.583. The van der Waals surface area contributed by atoms with Crippen LogP contribution >= 0.6 is 0 Å². The molecule has 0 saturated carbocycles. The van der Waals surface area contributed by atoms with Gasteiger partial charge in [0, 0.05) is 43.3 Å². The number of pyridine rings is 1. The summed E-state index contributed by atoms with van der Waals surface area (Å²) in [5.74, 6) is 0. The Kier molecular flexibility index (Phi) is 4.56. The molecular formula is C12H21N3. The molecule has 1 heterocycles. The van der Waals surface area contributed by atoms with E-state index in [-0.39, 0.29) is 0 Å². The van der Waals surface area contributed by atoms with Crippen LogP contribution in [-0.4, -0.2) is 25.6 Å². The van der Waals surface area contributed by atoms with Gasteiger partial charge in [0.25, 0.3) is 0 Å². The molecule has 3 nitrogen and oxygen atoms in total. The van der Waals surface area contributed by atoms with Crippen molar-refractivity contribution >= 4 is 5.69 Å². The summed E-state index contributed by atoms with van der Waals surface area (Å²) in [6.07, 6.45) is 3.13. The van der Waals surface area contributed by atoms with E-state index >= 15 is 0 Å². The highest BCUT2D eigenvalue weighted by Gasteiger charge is 2.07. The van der Waals surface area contributed by atoms with Gasteiger partial charge >= 0.3 is 0 Å². The fourth-order valence-corrected chi connectivity index (χ4v) is 1.71. The lowest BCUT2D eigenvalue weighted by Gasteiger charge is -2.22. The molecule has 0 fully saturated rings. The zero-order valence-corrected chi connectivity index (χ0v) is 10.2. The van der Waals surface area contributed by atoms with Crippen LogP contribution in [0.1, 0.15) is 24.6 Å². The van der Waals surface area contributed by atoms with Gasteiger partial charge in [0.15, 0.2) is 0 Å². The minimum atomic E-state index is 0.872. The smallest absolute Gasteiger partial charge is 0.0442 e. The Hall–Kier alpha value is -1.09. The monoisotopic (exact) mass is 207 g/mol. The van der Waals surface area contributed by atoms with E-state index in [0.717, 1.165) is 25.2 Å². The summed E-state index contributed by atoms with van der Waals surface area (Å²) < 4.78 is 0. The Balaban J connectivity index is 2.95. The van der Waals surface area contributed by atoms with E-state index in [9.17, 15) is 0 Å². The SMILES string of the molecule is CCCN(C)c1cc(C)ncc1CNC. The van der Waals surface area contributed by atoms with Crippen molar-refractivity contribution in [1.82, 2.24) is 10.3 Å². The topological polar surface area (TPSA) is 28.2 Å². The molecule has 0 atom stereocenters. The number of aromatic nitrogens is 1. The lowest BCUT2D eigenvalue weighted by atomic mass is 10.2. The zero-order valence-electron chi connectivity index (χ0n) is 10.2. The summed E-state index contributed by atoms with van der Waals surface area (Å²) in [6.45, 7) is 6.19. The highest BCUT2D eigenvalue weighted by molar-refractivity contribution is 5.52. The summed E-state index contributed by atoms with van der Waals surface area (Å²) in [5, 5.41) is 3.17. The first-order valence-corrected chi connectivity index (χ1v) is 5.50. The van der Waals surface area contributed by atoms with Crippen LogP contribution in [0.4, 0.5) is 5.69 Å². The Morgan fingerprint density at radius 1 is 1.47 bits per heavy atom. The van der Waals surface area contributed by atoms with E-state index < -0.39 is 0 Å². The van der Waals surface area contributed by atoms with Gasteiger partial charge in [-0.25, -0.2) is 0 Å². The van der Waals surface area contributed by atoms with Gasteiger partial charge in [0.2, 0.25) is 0 Å². The van der Waals surface area contributed by atoms with Crippen molar-refractivity contribution in [3.8, 4) is 0 Å². The number of anilines is 1. The second kappa shape index (κ2) is 5.71.